The van der Waals surface area contributed by atoms with Gasteiger partial charge in [0.25, 0.3) is 11.8 Å². The second kappa shape index (κ2) is 9.76. The third-order valence-electron chi connectivity index (χ3n) is 4.40. The standard InChI is InChI=1S/C22H28N2O3/c1-5-15(3)23-21(25)17-10-12-19(13-11-17)24-22(26)18-8-7-9-20(14-18)27-16(4)6-2/h7-16H,5-6H2,1-4H3,(H,23,25)(H,24,26). The van der Waals surface area contributed by atoms with E-state index in [0.29, 0.717) is 22.6 Å². The Morgan fingerprint density at radius 1 is 0.926 bits per heavy atom. The first-order valence-corrected chi connectivity index (χ1v) is 9.41. The van der Waals surface area contributed by atoms with Crippen molar-refractivity contribution >= 4 is 17.5 Å². The Bertz CT molecular complexity index is 771. The molecule has 27 heavy (non-hydrogen) atoms. The van der Waals surface area contributed by atoms with E-state index in [1.54, 1.807) is 42.5 Å². The Morgan fingerprint density at radius 2 is 1.63 bits per heavy atom. The van der Waals surface area contributed by atoms with Crippen LogP contribution in [0.5, 0.6) is 5.75 Å². The molecule has 2 aromatic rings. The molecular weight excluding hydrogens is 340 g/mol. The van der Waals surface area contributed by atoms with Crippen LogP contribution in [-0.4, -0.2) is 24.0 Å². The molecule has 2 rings (SSSR count). The molecule has 0 aliphatic carbocycles. The molecule has 0 aliphatic heterocycles. The SMILES string of the molecule is CCC(C)NC(=O)c1ccc(NC(=O)c2cccc(OC(C)CC)c2)cc1. The number of anilines is 1. The van der Waals surface area contributed by atoms with Gasteiger partial charge in [-0.3, -0.25) is 9.59 Å². The van der Waals surface area contributed by atoms with Crippen LogP contribution in [0, 0.1) is 0 Å². The van der Waals surface area contributed by atoms with Crippen LogP contribution in [0.3, 0.4) is 0 Å². The van der Waals surface area contributed by atoms with Gasteiger partial charge in [-0.05, 0) is 69.2 Å². The molecule has 5 nitrogen and oxygen atoms in total. The van der Waals surface area contributed by atoms with Crippen molar-refractivity contribution < 1.29 is 14.3 Å². The minimum absolute atomic E-state index is 0.0948. The predicted molar refractivity (Wildman–Crippen MR) is 108 cm³/mol. The molecule has 2 N–H and O–H groups in total. The summed E-state index contributed by atoms with van der Waals surface area (Å²) in [5.74, 6) is 0.340. The second-order valence-electron chi connectivity index (χ2n) is 6.68. The molecule has 0 spiro atoms. The van der Waals surface area contributed by atoms with Crippen molar-refractivity contribution in [1.29, 1.82) is 0 Å². The summed E-state index contributed by atoms with van der Waals surface area (Å²) in [6.07, 6.45) is 1.87. The van der Waals surface area contributed by atoms with Gasteiger partial charge in [-0.15, -0.1) is 0 Å². The number of ether oxygens (including phenoxy) is 1. The summed E-state index contributed by atoms with van der Waals surface area (Å²) in [5.41, 5.74) is 1.72. The summed E-state index contributed by atoms with van der Waals surface area (Å²) < 4.78 is 5.76. The topological polar surface area (TPSA) is 67.4 Å². The molecule has 0 radical (unpaired) electrons. The molecular formula is C22H28N2O3. The van der Waals surface area contributed by atoms with E-state index in [4.69, 9.17) is 4.74 Å². The van der Waals surface area contributed by atoms with E-state index in [1.807, 2.05) is 33.8 Å². The first-order valence-electron chi connectivity index (χ1n) is 9.41. The summed E-state index contributed by atoms with van der Waals surface area (Å²) in [6.45, 7) is 8.03. The molecule has 5 heteroatoms. The van der Waals surface area contributed by atoms with Crippen LogP contribution >= 0.6 is 0 Å². The van der Waals surface area contributed by atoms with Crippen LogP contribution in [0.25, 0.3) is 0 Å². The maximum atomic E-state index is 12.5. The van der Waals surface area contributed by atoms with Gasteiger partial charge >= 0.3 is 0 Å². The maximum absolute atomic E-state index is 12.5. The Kier molecular flexibility index (Phi) is 7.41. The number of hydrogen-bond donors (Lipinski definition) is 2. The summed E-state index contributed by atoms with van der Waals surface area (Å²) in [7, 11) is 0. The van der Waals surface area contributed by atoms with Gasteiger partial charge in [-0.1, -0.05) is 19.9 Å². The fraction of sp³-hybridized carbons (Fsp3) is 0.364. The molecule has 0 heterocycles. The van der Waals surface area contributed by atoms with Crippen LogP contribution in [0.2, 0.25) is 0 Å². The zero-order valence-corrected chi connectivity index (χ0v) is 16.4. The van der Waals surface area contributed by atoms with Crippen LogP contribution in [0.15, 0.2) is 48.5 Å². The molecule has 2 amide bonds. The van der Waals surface area contributed by atoms with Gasteiger partial charge in [0.1, 0.15) is 5.75 Å². The van der Waals surface area contributed by atoms with Gasteiger partial charge < -0.3 is 15.4 Å². The Morgan fingerprint density at radius 3 is 2.26 bits per heavy atom. The predicted octanol–water partition coefficient (Wildman–Crippen LogP) is 4.64. The highest BCUT2D eigenvalue weighted by molar-refractivity contribution is 6.04. The van der Waals surface area contributed by atoms with Gasteiger partial charge in [0.2, 0.25) is 0 Å². The fourth-order valence-electron chi connectivity index (χ4n) is 2.34. The number of nitrogens with one attached hydrogen (secondary N) is 2. The lowest BCUT2D eigenvalue weighted by molar-refractivity contribution is 0.0938. The highest BCUT2D eigenvalue weighted by Gasteiger charge is 2.11. The molecule has 0 bridgehead atoms. The monoisotopic (exact) mass is 368 g/mol. The Balaban J connectivity index is 2.01. The number of carbonyl (C=O) groups is 2. The van der Waals surface area contributed by atoms with Crippen molar-refractivity contribution in [2.75, 3.05) is 5.32 Å². The summed E-state index contributed by atoms with van der Waals surface area (Å²) >= 11 is 0. The van der Waals surface area contributed by atoms with E-state index in [-0.39, 0.29) is 24.0 Å². The van der Waals surface area contributed by atoms with E-state index in [0.717, 1.165) is 12.8 Å². The second-order valence-corrected chi connectivity index (χ2v) is 6.68. The molecule has 0 aromatic heterocycles. The highest BCUT2D eigenvalue weighted by atomic mass is 16.5. The van der Waals surface area contributed by atoms with Crippen LogP contribution < -0.4 is 15.4 Å². The zero-order valence-electron chi connectivity index (χ0n) is 16.4. The average molecular weight is 368 g/mol. The number of benzene rings is 2. The average Bonchev–Trinajstić information content (AvgIpc) is 2.68. The third kappa shape index (κ3) is 6.13. The molecule has 0 aliphatic rings. The first kappa shape index (κ1) is 20.5. The van der Waals surface area contributed by atoms with E-state index >= 15 is 0 Å². The lowest BCUT2D eigenvalue weighted by atomic mass is 10.1. The summed E-state index contributed by atoms with van der Waals surface area (Å²) in [6, 6.07) is 14.1. The lowest BCUT2D eigenvalue weighted by Crippen LogP contribution is -2.31. The number of amides is 2. The minimum atomic E-state index is -0.221. The van der Waals surface area contributed by atoms with Gasteiger partial charge in [-0.25, -0.2) is 0 Å². The third-order valence-corrected chi connectivity index (χ3v) is 4.40. The maximum Gasteiger partial charge on any atom is 0.255 e. The minimum Gasteiger partial charge on any atom is -0.491 e. The number of rotatable bonds is 8. The lowest BCUT2D eigenvalue weighted by Gasteiger charge is -2.13. The van der Waals surface area contributed by atoms with E-state index in [1.165, 1.54) is 0 Å². The molecule has 0 saturated heterocycles. The molecule has 144 valence electrons. The number of carbonyl (C=O) groups excluding carboxylic acids is 2. The van der Waals surface area contributed by atoms with Gasteiger partial charge in [0.15, 0.2) is 0 Å². The van der Waals surface area contributed by atoms with Crippen LogP contribution in [0.4, 0.5) is 5.69 Å². The summed E-state index contributed by atoms with van der Waals surface area (Å²) in [5, 5.41) is 5.76. The van der Waals surface area contributed by atoms with Crippen molar-refractivity contribution in [1.82, 2.24) is 5.32 Å². The molecule has 0 saturated carbocycles. The molecule has 0 fully saturated rings. The largest absolute Gasteiger partial charge is 0.491 e. The van der Waals surface area contributed by atoms with E-state index in [9.17, 15) is 9.59 Å². The van der Waals surface area contributed by atoms with Gasteiger partial charge in [0, 0.05) is 22.9 Å². The molecule has 2 aromatic carbocycles. The number of hydrogen-bond acceptors (Lipinski definition) is 3. The molecule has 2 unspecified atom stereocenters. The van der Waals surface area contributed by atoms with Gasteiger partial charge in [0.05, 0.1) is 6.10 Å². The normalized spacial score (nSPS) is 12.7. The first-order chi connectivity index (χ1) is 12.9. The quantitative estimate of drug-likeness (QED) is 0.713. The van der Waals surface area contributed by atoms with Crippen molar-refractivity contribution in [2.45, 2.75) is 52.7 Å². The Labute approximate surface area is 161 Å². The van der Waals surface area contributed by atoms with Crippen molar-refractivity contribution in [2.24, 2.45) is 0 Å². The van der Waals surface area contributed by atoms with Crippen LogP contribution in [0.1, 0.15) is 61.3 Å². The fourth-order valence-corrected chi connectivity index (χ4v) is 2.34. The Hall–Kier alpha value is -2.82. The highest BCUT2D eigenvalue weighted by Crippen LogP contribution is 2.18. The van der Waals surface area contributed by atoms with Gasteiger partial charge in [-0.2, -0.15) is 0 Å². The summed E-state index contributed by atoms with van der Waals surface area (Å²) in [4.78, 5) is 24.6. The van der Waals surface area contributed by atoms with Crippen LogP contribution in [-0.2, 0) is 0 Å². The molecule has 2 atom stereocenters. The zero-order chi connectivity index (χ0) is 19.8. The van der Waals surface area contributed by atoms with Crippen molar-refractivity contribution in [3.63, 3.8) is 0 Å². The van der Waals surface area contributed by atoms with Crippen molar-refractivity contribution in [3.05, 3.63) is 59.7 Å². The van der Waals surface area contributed by atoms with E-state index < -0.39 is 0 Å². The van der Waals surface area contributed by atoms with Crippen molar-refractivity contribution in [3.8, 4) is 5.75 Å². The van der Waals surface area contributed by atoms with E-state index in [2.05, 4.69) is 10.6 Å². The smallest absolute Gasteiger partial charge is 0.255 e.